The fraction of sp³-hybridized carbons (Fsp3) is 0.692. The van der Waals surface area contributed by atoms with E-state index >= 15 is 0 Å². The zero-order valence-corrected chi connectivity index (χ0v) is 10.8. The Hall–Kier alpha value is -1.36. The Morgan fingerprint density at radius 1 is 1.61 bits per heavy atom. The van der Waals surface area contributed by atoms with Gasteiger partial charge in [0.05, 0.1) is 25.7 Å². The molecule has 2 fully saturated rings. The molecule has 98 valence electrons. The molecule has 0 radical (unpaired) electrons. The summed E-state index contributed by atoms with van der Waals surface area (Å²) in [5, 5.41) is 0. The third-order valence-corrected chi connectivity index (χ3v) is 4.23. The molecule has 0 aromatic heterocycles. The molecule has 3 rings (SSSR count). The van der Waals surface area contributed by atoms with Crippen LogP contribution in [0.15, 0.2) is 12.2 Å². The number of carbonyl (C=O) groups is 2. The molecule has 4 atom stereocenters. The van der Waals surface area contributed by atoms with E-state index in [0.717, 1.165) is 0 Å². The van der Waals surface area contributed by atoms with E-state index in [1.54, 1.807) is 4.90 Å². The Kier molecular flexibility index (Phi) is 2.32. The number of hydrogen-bond donors (Lipinski definition) is 0. The van der Waals surface area contributed by atoms with Crippen molar-refractivity contribution in [2.75, 3.05) is 13.7 Å². The van der Waals surface area contributed by atoms with Crippen molar-refractivity contribution in [3.63, 3.8) is 0 Å². The number of esters is 1. The minimum Gasteiger partial charge on any atom is -0.469 e. The molecule has 1 spiro atoms. The van der Waals surface area contributed by atoms with Crippen LogP contribution in [0, 0.1) is 11.8 Å². The second-order valence-electron chi connectivity index (χ2n) is 5.48. The Labute approximate surface area is 106 Å². The summed E-state index contributed by atoms with van der Waals surface area (Å²) in [6, 6.07) is 0.117. The van der Waals surface area contributed by atoms with Gasteiger partial charge in [-0.15, -0.1) is 0 Å². The predicted octanol–water partition coefficient (Wildman–Crippen LogP) is 0.350. The van der Waals surface area contributed by atoms with E-state index in [1.165, 1.54) is 7.11 Å². The van der Waals surface area contributed by atoms with Crippen LogP contribution in [0.4, 0.5) is 0 Å². The Balaban J connectivity index is 1.98. The molecular formula is C13H17NO4. The normalized spacial score (nSPS) is 40.8. The lowest BCUT2D eigenvalue weighted by Crippen LogP contribution is -2.40. The summed E-state index contributed by atoms with van der Waals surface area (Å²) in [6.07, 6.45) is 3.53. The summed E-state index contributed by atoms with van der Waals surface area (Å²) in [6.45, 7) is 4.48. The molecule has 3 aliphatic rings. The molecule has 0 saturated carbocycles. The summed E-state index contributed by atoms with van der Waals surface area (Å²) >= 11 is 0. The molecule has 18 heavy (non-hydrogen) atoms. The molecule has 0 unspecified atom stereocenters. The van der Waals surface area contributed by atoms with Gasteiger partial charge >= 0.3 is 5.97 Å². The molecular weight excluding hydrogens is 234 g/mol. The highest BCUT2D eigenvalue weighted by Gasteiger charge is 2.67. The van der Waals surface area contributed by atoms with Crippen LogP contribution in [-0.4, -0.2) is 48.2 Å². The second-order valence-corrected chi connectivity index (χ2v) is 5.48. The fourth-order valence-electron chi connectivity index (χ4n) is 3.37. The number of fused-ring (bicyclic) bond motifs is 1. The quantitative estimate of drug-likeness (QED) is 0.525. The summed E-state index contributed by atoms with van der Waals surface area (Å²) in [4.78, 5) is 26.1. The SMILES string of the molecule is COC(=O)[C@H]1[C@H]2C(=O)N(C(C)C)C[C@@]23C=C[C@H]1O3. The lowest BCUT2D eigenvalue weighted by Gasteiger charge is -2.24. The highest BCUT2D eigenvalue weighted by molar-refractivity contribution is 5.91. The lowest BCUT2D eigenvalue weighted by atomic mass is 9.77. The van der Waals surface area contributed by atoms with Crippen molar-refractivity contribution in [1.82, 2.24) is 4.90 Å². The topological polar surface area (TPSA) is 55.8 Å². The number of likely N-dealkylation sites (tertiary alicyclic amines) is 1. The van der Waals surface area contributed by atoms with Crippen LogP contribution in [0.25, 0.3) is 0 Å². The van der Waals surface area contributed by atoms with Crippen molar-refractivity contribution in [3.05, 3.63) is 12.2 Å². The van der Waals surface area contributed by atoms with Gasteiger partial charge in [0.1, 0.15) is 11.5 Å². The van der Waals surface area contributed by atoms with Gasteiger partial charge in [-0.3, -0.25) is 9.59 Å². The number of methoxy groups -OCH3 is 1. The van der Waals surface area contributed by atoms with Gasteiger partial charge in [-0.2, -0.15) is 0 Å². The number of amides is 1. The molecule has 3 heterocycles. The van der Waals surface area contributed by atoms with Gasteiger partial charge in [0.2, 0.25) is 5.91 Å². The number of nitrogens with zero attached hydrogens (tertiary/aromatic N) is 1. The average molecular weight is 251 g/mol. The third kappa shape index (κ3) is 1.25. The van der Waals surface area contributed by atoms with Gasteiger partial charge in [0.15, 0.2) is 0 Å². The molecule has 1 amide bonds. The van der Waals surface area contributed by atoms with Crippen LogP contribution >= 0.6 is 0 Å². The smallest absolute Gasteiger partial charge is 0.312 e. The summed E-state index contributed by atoms with van der Waals surface area (Å²) in [5.41, 5.74) is -0.606. The lowest BCUT2D eigenvalue weighted by molar-refractivity contribution is -0.151. The predicted molar refractivity (Wildman–Crippen MR) is 62.6 cm³/mol. The first-order chi connectivity index (χ1) is 8.50. The van der Waals surface area contributed by atoms with Gasteiger partial charge < -0.3 is 14.4 Å². The molecule has 0 aliphatic carbocycles. The van der Waals surface area contributed by atoms with Crippen LogP contribution < -0.4 is 0 Å². The van der Waals surface area contributed by atoms with Crippen molar-refractivity contribution in [2.24, 2.45) is 11.8 Å². The van der Waals surface area contributed by atoms with Crippen molar-refractivity contribution >= 4 is 11.9 Å². The van der Waals surface area contributed by atoms with Crippen LogP contribution in [0.3, 0.4) is 0 Å². The van der Waals surface area contributed by atoms with Crippen molar-refractivity contribution < 1.29 is 19.1 Å². The zero-order valence-electron chi connectivity index (χ0n) is 10.8. The van der Waals surface area contributed by atoms with Gasteiger partial charge in [0, 0.05) is 6.04 Å². The molecule has 5 nitrogen and oxygen atoms in total. The second kappa shape index (κ2) is 3.57. The number of ether oxygens (including phenoxy) is 2. The molecule has 2 bridgehead atoms. The first-order valence-corrected chi connectivity index (χ1v) is 6.25. The van der Waals surface area contributed by atoms with Gasteiger partial charge in [-0.05, 0) is 13.8 Å². The van der Waals surface area contributed by atoms with E-state index in [-0.39, 0.29) is 24.0 Å². The Morgan fingerprint density at radius 3 is 2.94 bits per heavy atom. The average Bonchev–Trinajstić information content (AvgIpc) is 2.96. The van der Waals surface area contributed by atoms with Crippen LogP contribution in [-0.2, 0) is 19.1 Å². The zero-order chi connectivity index (χ0) is 13.1. The largest absolute Gasteiger partial charge is 0.469 e. The monoisotopic (exact) mass is 251 g/mol. The van der Waals surface area contributed by atoms with Crippen LogP contribution in [0.5, 0.6) is 0 Å². The van der Waals surface area contributed by atoms with E-state index in [1.807, 2.05) is 26.0 Å². The van der Waals surface area contributed by atoms with Crippen LogP contribution in [0.1, 0.15) is 13.8 Å². The highest BCUT2D eigenvalue weighted by Crippen LogP contribution is 2.52. The van der Waals surface area contributed by atoms with Crippen LogP contribution in [0.2, 0.25) is 0 Å². The molecule has 2 saturated heterocycles. The summed E-state index contributed by atoms with van der Waals surface area (Å²) in [7, 11) is 1.35. The molecule has 0 aromatic carbocycles. The first kappa shape index (κ1) is 11.7. The van der Waals surface area contributed by atoms with E-state index in [2.05, 4.69) is 0 Å². The highest BCUT2D eigenvalue weighted by atomic mass is 16.5. The number of rotatable bonds is 2. The van der Waals surface area contributed by atoms with E-state index in [4.69, 9.17) is 9.47 Å². The maximum atomic E-state index is 12.4. The molecule has 0 N–H and O–H groups in total. The van der Waals surface area contributed by atoms with E-state index in [0.29, 0.717) is 6.54 Å². The van der Waals surface area contributed by atoms with Gasteiger partial charge in [0.25, 0.3) is 0 Å². The Bertz CT molecular complexity index is 444. The number of hydrogen-bond acceptors (Lipinski definition) is 4. The fourth-order valence-corrected chi connectivity index (χ4v) is 3.37. The van der Waals surface area contributed by atoms with Crippen molar-refractivity contribution in [3.8, 4) is 0 Å². The Morgan fingerprint density at radius 2 is 2.33 bits per heavy atom. The maximum Gasteiger partial charge on any atom is 0.312 e. The third-order valence-electron chi connectivity index (χ3n) is 4.23. The minimum atomic E-state index is -0.606. The summed E-state index contributed by atoms with van der Waals surface area (Å²) < 4.78 is 10.7. The molecule has 0 aromatic rings. The first-order valence-electron chi connectivity index (χ1n) is 6.25. The molecule has 3 aliphatic heterocycles. The van der Waals surface area contributed by atoms with Gasteiger partial charge in [-0.25, -0.2) is 0 Å². The number of carbonyl (C=O) groups excluding carboxylic acids is 2. The maximum absolute atomic E-state index is 12.4. The van der Waals surface area contributed by atoms with Gasteiger partial charge in [-0.1, -0.05) is 12.2 Å². The van der Waals surface area contributed by atoms with Crippen molar-refractivity contribution in [1.29, 1.82) is 0 Å². The van der Waals surface area contributed by atoms with E-state index < -0.39 is 17.4 Å². The summed E-state index contributed by atoms with van der Waals surface area (Å²) in [5.74, 6) is -1.25. The van der Waals surface area contributed by atoms with Crippen molar-refractivity contribution in [2.45, 2.75) is 31.6 Å². The standard InChI is InChI=1S/C13H17NO4/c1-7(2)14-6-13-5-4-8(18-13)9(12(16)17-3)10(13)11(14)15/h4-5,7-10H,6H2,1-3H3/t8-,9-,10+,13+/m1/s1. The molecule has 5 heteroatoms. The van der Waals surface area contributed by atoms with E-state index in [9.17, 15) is 9.59 Å². The minimum absolute atomic E-state index is 0.00671.